The van der Waals surface area contributed by atoms with Gasteiger partial charge in [0.05, 0.1) is 0 Å². The van der Waals surface area contributed by atoms with Gasteiger partial charge >= 0.3 is 0 Å². The molecule has 0 aliphatic carbocycles. The van der Waals surface area contributed by atoms with E-state index in [9.17, 15) is 19.5 Å². The molecule has 0 aromatic heterocycles. The van der Waals surface area contributed by atoms with Crippen LogP contribution >= 0.6 is 0 Å². The van der Waals surface area contributed by atoms with Crippen LogP contribution in [-0.2, 0) is 6.54 Å². The molecule has 4 aromatic rings. The second-order valence-corrected chi connectivity index (χ2v) is 7.57. The SMILES string of the molecule is N/N=C(\N)c1cc(Nc2c(O)c(=O)c2=O)cc(-c2cccc(C(=O)NCc3ccccc3)c2)c1. The third-order valence-corrected chi connectivity index (χ3v) is 5.28. The van der Waals surface area contributed by atoms with E-state index in [0.29, 0.717) is 34.5 Å². The average molecular weight is 455 g/mol. The normalized spacial score (nSPS) is 11.4. The third-order valence-electron chi connectivity index (χ3n) is 5.28. The molecule has 0 saturated heterocycles. The molecular weight excluding hydrogens is 434 g/mol. The van der Waals surface area contributed by atoms with Gasteiger partial charge in [-0.1, -0.05) is 42.5 Å². The Hall–Kier alpha value is -4.92. The predicted octanol–water partition coefficient (Wildman–Crippen LogP) is 1.91. The van der Waals surface area contributed by atoms with Gasteiger partial charge in [-0.2, -0.15) is 5.10 Å². The van der Waals surface area contributed by atoms with Crippen molar-refractivity contribution in [3.05, 3.63) is 110 Å². The minimum absolute atomic E-state index is 0.0378. The Labute approximate surface area is 194 Å². The number of aromatic hydroxyl groups is 1. The average Bonchev–Trinajstić information content (AvgIpc) is 2.89. The summed E-state index contributed by atoms with van der Waals surface area (Å²) in [7, 11) is 0. The molecule has 1 amide bonds. The summed E-state index contributed by atoms with van der Waals surface area (Å²) in [6.07, 6.45) is 0. The van der Waals surface area contributed by atoms with Crippen molar-refractivity contribution in [2.45, 2.75) is 6.54 Å². The fraction of sp³-hybridized carbons (Fsp3) is 0.0400. The molecule has 0 bridgehead atoms. The molecular formula is C25H21N5O4. The van der Waals surface area contributed by atoms with Crippen LogP contribution < -0.4 is 33.1 Å². The van der Waals surface area contributed by atoms with Crippen LogP contribution in [0.25, 0.3) is 11.1 Å². The summed E-state index contributed by atoms with van der Waals surface area (Å²) in [4.78, 5) is 35.8. The van der Waals surface area contributed by atoms with Crippen molar-refractivity contribution in [1.29, 1.82) is 0 Å². The van der Waals surface area contributed by atoms with Crippen molar-refractivity contribution in [2.24, 2.45) is 16.7 Å². The van der Waals surface area contributed by atoms with E-state index in [2.05, 4.69) is 15.7 Å². The number of nitrogens with one attached hydrogen (secondary N) is 2. The highest BCUT2D eigenvalue weighted by molar-refractivity contribution is 6.00. The monoisotopic (exact) mass is 455 g/mol. The molecule has 0 unspecified atom stereocenters. The molecule has 0 aliphatic heterocycles. The number of nitrogens with two attached hydrogens (primary N) is 2. The van der Waals surface area contributed by atoms with Gasteiger partial charge in [0, 0.05) is 23.4 Å². The van der Waals surface area contributed by atoms with Gasteiger partial charge in [0.15, 0.2) is 5.75 Å². The number of anilines is 2. The van der Waals surface area contributed by atoms with Gasteiger partial charge in [0.1, 0.15) is 11.5 Å². The van der Waals surface area contributed by atoms with E-state index < -0.39 is 16.6 Å². The van der Waals surface area contributed by atoms with Crippen molar-refractivity contribution in [3.63, 3.8) is 0 Å². The number of hydrogen-bond donors (Lipinski definition) is 5. The van der Waals surface area contributed by atoms with Gasteiger partial charge in [0.25, 0.3) is 16.8 Å². The number of hydrazone groups is 1. The van der Waals surface area contributed by atoms with Crippen LogP contribution in [0.4, 0.5) is 11.4 Å². The van der Waals surface area contributed by atoms with Crippen molar-refractivity contribution >= 4 is 23.1 Å². The van der Waals surface area contributed by atoms with Gasteiger partial charge in [0.2, 0.25) is 0 Å². The lowest BCUT2D eigenvalue weighted by Crippen LogP contribution is -2.32. The molecule has 0 spiro atoms. The van der Waals surface area contributed by atoms with E-state index in [1.165, 1.54) is 0 Å². The molecule has 9 nitrogen and oxygen atoms in total. The maximum atomic E-state index is 12.7. The molecule has 9 heteroatoms. The van der Waals surface area contributed by atoms with E-state index in [0.717, 1.165) is 5.56 Å². The zero-order valence-corrected chi connectivity index (χ0v) is 17.9. The Kier molecular flexibility index (Phi) is 6.09. The first-order valence-corrected chi connectivity index (χ1v) is 10.3. The maximum absolute atomic E-state index is 12.7. The number of nitrogens with zero attached hydrogens (tertiary/aromatic N) is 1. The second kappa shape index (κ2) is 9.29. The van der Waals surface area contributed by atoms with Crippen LogP contribution in [0.2, 0.25) is 0 Å². The number of carbonyl (C=O) groups excluding carboxylic acids is 1. The Morgan fingerprint density at radius 2 is 1.62 bits per heavy atom. The van der Waals surface area contributed by atoms with Crippen LogP contribution in [-0.4, -0.2) is 16.8 Å². The highest BCUT2D eigenvalue weighted by atomic mass is 16.3. The summed E-state index contributed by atoms with van der Waals surface area (Å²) in [6, 6.07) is 21.5. The number of carbonyl (C=O) groups is 1. The molecule has 0 radical (unpaired) electrons. The minimum atomic E-state index is -0.948. The summed E-state index contributed by atoms with van der Waals surface area (Å²) in [5.41, 5.74) is 7.50. The van der Waals surface area contributed by atoms with Crippen LogP contribution in [0, 0.1) is 0 Å². The molecule has 0 saturated carbocycles. The third kappa shape index (κ3) is 4.49. The lowest BCUT2D eigenvalue weighted by Gasteiger charge is -2.14. The first-order valence-electron chi connectivity index (χ1n) is 10.3. The van der Waals surface area contributed by atoms with Crippen LogP contribution in [0.3, 0.4) is 0 Å². The minimum Gasteiger partial charge on any atom is -0.502 e. The molecule has 34 heavy (non-hydrogen) atoms. The maximum Gasteiger partial charge on any atom is 0.271 e. The number of amides is 1. The summed E-state index contributed by atoms with van der Waals surface area (Å²) in [6.45, 7) is 0.391. The van der Waals surface area contributed by atoms with Crippen molar-refractivity contribution in [1.82, 2.24) is 5.32 Å². The Balaban J connectivity index is 1.64. The quantitative estimate of drug-likeness (QED) is 0.0935. The highest BCUT2D eigenvalue weighted by Gasteiger charge is 2.20. The molecule has 4 rings (SSSR count). The lowest BCUT2D eigenvalue weighted by molar-refractivity contribution is 0.0951. The van der Waals surface area contributed by atoms with Gasteiger partial charge < -0.3 is 27.3 Å². The van der Waals surface area contributed by atoms with Crippen molar-refractivity contribution in [2.75, 3.05) is 5.32 Å². The summed E-state index contributed by atoms with van der Waals surface area (Å²) < 4.78 is 0. The number of rotatable bonds is 7. The first-order chi connectivity index (χ1) is 16.4. The molecule has 0 fully saturated rings. The molecule has 0 aliphatic rings. The number of amidine groups is 1. The topological polar surface area (TPSA) is 160 Å². The lowest BCUT2D eigenvalue weighted by atomic mass is 9.99. The number of hydrogen-bond acceptors (Lipinski definition) is 7. The van der Waals surface area contributed by atoms with Crippen LogP contribution in [0.5, 0.6) is 5.75 Å². The van der Waals surface area contributed by atoms with E-state index in [-0.39, 0.29) is 17.4 Å². The standard InChI is InChI=1S/C25H21N5O4/c26-24(30-27)18-10-17(11-19(12-18)29-20-21(31)23(33)22(20)32)15-7-4-8-16(9-15)25(34)28-13-14-5-2-1-3-6-14/h1-12,29,31H,13,27H2,(H2,26,30)(H,28,34). The van der Waals surface area contributed by atoms with Crippen molar-refractivity contribution in [3.8, 4) is 16.9 Å². The summed E-state index contributed by atoms with van der Waals surface area (Å²) in [5, 5.41) is 18.8. The fourth-order valence-corrected chi connectivity index (χ4v) is 3.45. The predicted molar refractivity (Wildman–Crippen MR) is 131 cm³/mol. The molecule has 0 atom stereocenters. The zero-order chi connectivity index (χ0) is 24.2. The largest absolute Gasteiger partial charge is 0.502 e. The van der Waals surface area contributed by atoms with Gasteiger partial charge in [-0.15, -0.1) is 0 Å². The highest BCUT2D eigenvalue weighted by Crippen LogP contribution is 2.29. The summed E-state index contributed by atoms with van der Waals surface area (Å²) >= 11 is 0. The van der Waals surface area contributed by atoms with E-state index in [4.69, 9.17) is 11.6 Å². The zero-order valence-electron chi connectivity index (χ0n) is 17.9. The molecule has 0 heterocycles. The molecule has 7 N–H and O–H groups in total. The van der Waals surface area contributed by atoms with Gasteiger partial charge in [-0.3, -0.25) is 14.4 Å². The van der Waals surface area contributed by atoms with E-state index >= 15 is 0 Å². The Bertz CT molecular complexity index is 1470. The summed E-state index contributed by atoms with van der Waals surface area (Å²) in [5.74, 6) is 4.50. The Morgan fingerprint density at radius 1 is 0.882 bits per heavy atom. The first kappa shape index (κ1) is 22.3. The second-order valence-electron chi connectivity index (χ2n) is 7.57. The molecule has 170 valence electrons. The number of benzene rings is 3. The Morgan fingerprint density at radius 3 is 2.32 bits per heavy atom. The van der Waals surface area contributed by atoms with E-state index in [1.807, 2.05) is 30.3 Å². The van der Waals surface area contributed by atoms with Crippen LogP contribution in [0.1, 0.15) is 21.5 Å². The fourth-order valence-electron chi connectivity index (χ4n) is 3.45. The van der Waals surface area contributed by atoms with Crippen molar-refractivity contribution < 1.29 is 9.90 Å². The molecule has 4 aromatic carbocycles. The smallest absolute Gasteiger partial charge is 0.271 e. The van der Waals surface area contributed by atoms with Gasteiger partial charge in [-0.25, -0.2) is 0 Å². The van der Waals surface area contributed by atoms with E-state index in [1.54, 1.807) is 42.5 Å². The van der Waals surface area contributed by atoms with Crippen LogP contribution in [0.15, 0.2) is 87.5 Å². The van der Waals surface area contributed by atoms with Gasteiger partial charge in [-0.05, 0) is 47.0 Å².